The summed E-state index contributed by atoms with van der Waals surface area (Å²) in [7, 11) is 0. The van der Waals surface area contributed by atoms with Crippen LogP contribution in [0.3, 0.4) is 0 Å². The molecule has 0 heterocycles. The van der Waals surface area contributed by atoms with Gasteiger partial charge in [0.2, 0.25) is 0 Å². The van der Waals surface area contributed by atoms with Gasteiger partial charge in [0, 0.05) is 12.1 Å². The predicted molar refractivity (Wildman–Crippen MR) is 55.2 cm³/mol. The maximum atomic E-state index is 11.4. The average Bonchev–Trinajstić information content (AvgIpc) is 2.25. The number of rotatable bonds is 4. The molecule has 1 rings (SSSR count). The second kappa shape index (κ2) is 5.80. The highest BCUT2D eigenvalue weighted by atomic mass is 16.2. The molecule has 0 saturated heterocycles. The molecule has 0 bridgehead atoms. The highest BCUT2D eigenvalue weighted by Crippen LogP contribution is 1.97. The Morgan fingerprint density at radius 3 is 2.71 bits per heavy atom. The molecule has 0 spiro atoms. The van der Waals surface area contributed by atoms with E-state index in [9.17, 15) is 4.79 Å². The summed E-state index contributed by atoms with van der Waals surface area (Å²) in [5.74, 6) is -0.0862. The number of carbonyl (C=O) groups excluding carboxylic acids is 1. The Labute approximate surface area is 83.1 Å². The van der Waals surface area contributed by atoms with Crippen LogP contribution in [0.25, 0.3) is 0 Å². The number of carbonyl (C=O) groups is 1. The molecule has 0 unspecified atom stereocenters. The van der Waals surface area contributed by atoms with Gasteiger partial charge in [-0.2, -0.15) is 0 Å². The number of amides is 1. The van der Waals surface area contributed by atoms with Crippen LogP contribution in [0.15, 0.2) is 42.7 Å². The van der Waals surface area contributed by atoms with E-state index in [1.807, 2.05) is 18.2 Å². The predicted octanol–water partition coefficient (Wildman–Crippen LogP) is 1.88. The minimum atomic E-state index is -0.0862. The number of benzene rings is 1. The van der Waals surface area contributed by atoms with Gasteiger partial charge < -0.3 is 10.4 Å². The molecular weight excluding hydrogens is 178 g/mol. The molecule has 1 amide bonds. The molecule has 14 heavy (non-hydrogen) atoms. The van der Waals surface area contributed by atoms with E-state index in [0.29, 0.717) is 18.5 Å². The maximum absolute atomic E-state index is 11.4. The lowest BCUT2D eigenvalue weighted by Crippen LogP contribution is -2.23. The van der Waals surface area contributed by atoms with Crippen LogP contribution in [-0.2, 0) is 0 Å². The summed E-state index contributed by atoms with van der Waals surface area (Å²) in [5, 5.41) is 11.1. The summed E-state index contributed by atoms with van der Waals surface area (Å²) < 4.78 is 0. The molecule has 0 saturated carbocycles. The molecule has 2 N–H and O–H groups in total. The third-order valence-electron chi connectivity index (χ3n) is 1.74. The van der Waals surface area contributed by atoms with Crippen molar-refractivity contribution in [1.29, 1.82) is 0 Å². The molecule has 0 fully saturated rings. The summed E-state index contributed by atoms with van der Waals surface area (Å²) in [5.41, 5.74) is 0.653. The summed E-state index contributed by atoms with van der Waals surface area (Å²) in [4.78, 5) is 11.4. The van der Waals surface area contributed by atoms with E-state index in [0.717, 1.165) is 6.26 Å². The van der Waals surface area contributed by atoms with Crippen molar-refractivity contribution in [2.45, 2.75) is 6.42 Å². The van der Waals surface area contributed by atoms with E-state index in [1.54, 1.807) is 18.2 Å². The number of nitrogens with one attached hydrogen (secondary N) is 1. The molecule has 0 aromatic heterocycles. The van der Waals surface area contributed by atoms with E-state index in [4.69, 9.17) is 5.11 Å². The van der Waals surface area contributed by atoms with Crippen LogP contribution in [0.4, 0.5) is 0 Å². The quantitative estimate of drug-likeness (QED) is 0.564. The third kappa shape index (κ3) is 3.31. The summed E-state index contributed by atoms with van der Waals surface area (Å²) in [6, 6.07) is 9.03. The van der Waals surface area contributed by atoms with Crippen LogP contribution in [0.1, 0.15) is 16.8 Å². The van der Waals surface area contributed by atoms with Gasteiger partial charge in [-0.05, 0) is 24.6 Å². The summed E-state index contributed by atoms with van der Waals surface area (Å²) in [6.45, 7) is 0.533. The number of aliphatic hydroxyl groups is 1. The Kier molecular flexibility index (Phi) is 4.27. The molecule has 0 aliphatic rings. The van der Waals surface area contributed by atoms with Gasteiger partial charge in [-0.15, -0.1) is 0 Å². The second-order valence-electron chi connectivity index (χ2n) is 2.80. The zero-order valence-electron chi connectivity index (χ0n) is 7.81. The first kappa shape index (κ1) is 10.3. The lowest BCUT2D eigenvalue weighted by molar-refractivity contribution is 0.0954. The standard InChI is InChI=1S/C11H13NO2/c13-9-5-4-8-12-11(14)10-6-2-1-3-7-10/h1-3,5-7,9,13H,4,8H2,(H,12,14). The lowest BCUT2D eigenvalue weighted by Gasteiger charge is -2.02. The summed E-state index contributed by atoms with van der Waals surface area (Å²) >= 11 is 0. The highest BCUT2D eigenvalue weighted by molar-refractivity contribution is 5.94. The Hall–Kier alpha value is -1.77. The molecule has 1 aromatic carbocycles. The van der Waals surface area contributed by atoms with E-state index in [2.05, 4.69) is 5.32 Å². The van der Waals surface area contributed by atoms with Crippen LogP contribution in [0, 0.1) is 0 Å². The molecule has 0 aliphatic heterocycles. The van der Waals surface area contributed by atoms with Crippen LogP contribution >= 0.6 is 0 Å². The average molecular weight is 191 g/mol. The van der Waals surface area contributed by atoms with Gasteiger partial charge in [-0.1, -0.05) is 18.2 Å². The minimum absolute atomic E-state index is 0.0862. The number of aliphatic hydroxyl groups excluding tert-OH is 1. The third-order valence-corrected chi connectivity index (χ3v) is 1.74. The van der Waals surface area contributed by atoms with Gasteiger partial charge in [0.1, 0.15) is 0 Å². The topological polar surface area (TPSA) is 49.3 Å². The normalized spacial score (nSPS) is 10.3. The molecule has 3 heteroatoms. The zero-order chi connectivity index (χ0) is 10.2. The fraction of sp³-hybridized carbons (Fsp3) is 0.182. The van der Waals surface area contributed by atoms with Crippen molar-refractivity contribution >= 4 is 5.91 Å². The van der Waals surface area contributed by atoms with Crippen molar-refractivity contribution in [3.05, 3.63) is 48.2 Å². The van der Waals surface area contributed by atoms with Crippen LogP contribution in [0.5, 0.6) is 0 Å². The van der Waals surface area contributed by atoms with Gasteiger partial charge >= 0.3 is 0 Å². The minimum Gasteiger partial charge on any atom is -0.516 e. The van der Waals surface area contributed by atoms with Crippen LogP contribution in [0.2, 0.25) is 0 Å². The van der Waals surface area contributed by atoms with Gasteiger partial charge in [0.15, 0.2) is 0 Å². The van der Waals surface area contributed by atoms with Crippen molar-refractivity contribution < 1.29 is 9.90 Å². The van der Waals surface area contributed by atoms with Crippen molar-refractivity contribution in [3.8, 4) is 0 Å². The zero-order valence-corrected chi connectivity index (χ0v) is 7.81. The second-order valence-corrected chi connectivity index (χ2v) is 2.80. The van der Waals surface area contributed by atoms with E-state index >= 15 is 0 Å². The van der Waals surface area contributed by atoms with Crippen molar-refractivity contribution in [2.75, 3.05) is 6.54 Å². The van der Waals surface area contributed by atoms with Gasteiger partial charge in [-0.3, -0.25) is 4.79 Å². The first-order valence-corrected chi connectivity index (χ1v) is 4.47. The molecular formula is C11H13NO2. The monoisotopic (exact) mass is 191 g/mol. The van der Waals surface area contributed by atoms with Crippen molar-refractivity contribution in [2.24, 2.45) is 0 Å². The Morgan fingerprint density at radius 2 is 2.07 bits per heavy atom. The van der Waals surface area contributed by atoms with Gasteiger partial charge in [-0.25, -0.2) is 0 Å². The lowest BCUT2D eigenvalue weighted by atomic mass is 10.2. The maximum Gasteiger partial charge on any atom is 0.251 e. The van der Waals surface area contributed by atoms with Crippen molar-refractivity contribution in [3.63, 3.8) is 0 Å². The molecule has 0 aliphatic carbocycles. The first-order chi connectivity index (χ1) is 6.84. The number of hydrogen-bond donors (Lipinski definition) is 2. The Balaban J connectivity index is 2.36. The van der Waals surface area contributed by atoms with E-state index in [-0.39, 0.29) is 5.91 Å². The Morgan fingerprint density at radius 1 is 1.36 bits per heavy atom. The van der Waals surface area contributed by atoms with Gasteiger partial charge in [0.05, 0.1) is 6.26 Å². The van der Waals surface area contributed by atoms with Crippen LogP contribution < -0.4 is 5.32 Å². The highest BCUT2D eigenvalue weighted by Gasteiger charge is 2.01. The van der Waals surface area contributed by atoms with Crippen LogP contribution in [-0.4, -0.2) is 17.6 Å². The fourth-order valence-corrected chi connectivity index (χ4v) is 1.04. The number of hydrogen-bond acceptors (Lipinski definition) is 2. The molecule has 74 valence electrons. The molecule has 0 radical (unpaired) electrons. The van der Waals surface area contributed by atoms with E-state index in [1.165, 1.54) is 0 Å². The molecule has 3 nitrogen and oxygen atoms in total. The SMILES string of the molecule is O=C(NCCC=CO)c1ccccc1. The van der Waals surface area contributed by atoms with E-state index < -0.39 is 0 Å². The first-order valence-electron chi connectivity index (χ1n) is 4.47. The Bertz CT molecular complexity index is 306. The summed E-state index contributed by atoms with van der Waals surface area (Å²) in [6.07, 6.45) is 3.20. The molecule has 1 aromatic rings. The van der Waals surface area contributed by atoms with Crippen molar-refractivity contribution in [1.82, 2.24) is 5.32 Å². The van der Waals surface area contributed by atoms with Gasteiger partial charge in [0.25, 0.3) is 5.91 Å². The largest absolute Gasteiger partial charge is 0.516 e. The molecule has 0 atom stereocenters. The smallest absolute Gasteiger partial charge is 0.251 e. The fourth-order valence-electron chi connectivity index (χ4n) is 1.04.